The van der Waals surface area contributed by atoms with Crippen LogP contribution in [0.3, 0.4) is 0 Å². The second kappa shape index (κ2) is 4.70. The maximum Gasteiger partial charge on any atom is 0.346 e. The molecule has 1 heterocycles. The summed E-state index contributed by atoms with van der Waals surface area (Å²) in [5, 5.41) is 0. The summed E-state index contributed by atoms with van der Waals surface area (Å²) in [7, 11) is 1.60. The van der Waals surface area contributed by atoms with E-state index >= 15 is 0 Å². The molecule has 1 fully saturated rings. The normalized spacial score (nSPS) is 24.9. The van der Waals surface area contributed by atoms with Crippen molar-refractivity contribution in [1.29, 1.82) is 0 Å². The summed E-state index contributed by atoms with van der Waals surface area (Å²) >= 11 is 0. The first-order valence-corrected chi connectivity index (χ1v) is 6.12. The standard InChI is InChI=1S/C15H18O4/c1-5-10-15(13(16)18-14(2,3)19-15)11-6-8-12(17-4)9-7-11/h5-9H,1,10H2,2-4H3. The molecule has 0 amide bonds. The summed E-state index contributed by atoms with van der Waals surface area (Å²) in [5.41, 5.74) is -0.374. The van der Waals surface area contributed by atoms with E-state index in [0.29, 0.717) is 6.42 Å². The monoisotopic (exact) mass is 262 g/mol. The van der Waals surface area contributed by atoms with E-state index in [4.69, 9.17) is 14.2 Å². The fraction of sp³-hybridized carbons (Fsp3) is 0.400. The molecule has 19 heavy (non-hydrogen) atoms. The third-order valence-electron chi connectivity index (χ3n) is 3.08. The van der Waals surface area contributed by atoms with Crippen molar-refractivity contribution in [2.24, 2.45) is 0 Å². The first kappa shape index (κ1) is 13.6. The summed E-state index contributed by atoms with van der Waals surface area (Å²) in [6, 6.07) is 7.21. The van der Waals surface area contributed by atoms with Crippen molar-refractivity contribution in [2.75, 3.05) is 7.11 Å². The van der Waals surface area contributed by atoms with Gasteiger partial charge in [0.25, 0.3) is 0 Å². The van der Waals surface area contributed by atoms with Crippen molar-refractivity contribution < 1.29 is 19.0 Å². The van der Waals surface area contributed by atoms with E-state index in [0.717, 1.165) is 11.3 Å². The smallest absolute Gasteiger partial charge is 0.346 e. The molecule has 0 spiro atoms. The van der Waals surface area contributed by atoms with Crippen LogP contribution in [0.1, 0.15) is 25.8 Å². The van der Waals surface area contributed by atoms with Crippen molar-refractivity contribution >= 4 is 5.97 Å². The first-order valence-electron chi connectivity index (χ1n) is 6.12. The van der Waals surface area contributed by atoms with E-state index in [-0.39, 0.29) is 5.97 Å². The van der Waals surface area contributed by atoms with E-state index < -0.39 is 11.4 Å². The number of rotatable bonds is 4. The quantitative estimate of drug-likeness (QED) is 0.618. The molecule has 4 heteroatoms. The Labute approximate surface area is 113 Å². The SMILES string of the molecule is C=CCC1(c2ccc(OC)cc2)OC(C)(C)OC1=O. The van der Waals surface area contributed by atoms with Gasteiger partial charge in [-0.05, 0) is 17.7 Å². The number of ether oxygens (including phenoxy) is 3. The minimum absolute atomic E-state index is 0.363. The molecule has 0 aromatic heterocycles. The van der Waals surface area contributed by atoms with Crippen LogP contribution in [0.15, 0.2) is 36.9 Å². The predicted molar refractivity (Wildman–Crippen MR) is 70.7 cm³/mol. The molecule has 1 aromatic rings. The lowest BCUT2D eigenvalue weighted by Crippen LogP contribution is -2.34. The lowest BCUT2D eigenvalue weighted by molar-refractivity contribution is -0.167. The maximum atomic E-state index is 12.2. The zero-order chi connectivity index (χ0) is 14.1. The Kier molecular flexibility index (Phi) is 3.37. The molecule has 0 radical (unpaired) electrons. The van der Waals surface area contributed by atoms with Crippen LogP contribution in [0, 0.1) is 0 Å². The number of hydrogen-bond acceptors (Lipinski definition) is 4. The summed E-state index contributed by atoms with van der Waals surface area (Å²) < 4.78 is 16.3. The third-order valence-corrected chi connectivity index (χ3v) is 3.08. The van der Waals surface area contributed by atoms with Gasteiger partial charge >= 0.3 is 5.97 Å². The molecular formula is C15H18O4. The number of methoxy groups -OCH3 is 1. The van der Waals surface area contributed by atoms with E-state index in [2.05, 4.69) is 6.58 Å². The Hall–Kier alpha value is -1.81. The summed E-state index contributed by atoms with van der Waals surface area (Å²) in [6.45, 7) is 7.14. The van der Waals surface area contributed by atoms with Crippen molar-refractivity contribution in [2.45, 2.75) is 31.7 Å². The lowest BCUT2D eigenvalue weighted by atomic mass is 9.90. The molecule has 1 aliphatic heterocycles. The molecular weight excluding hydrogens is 244 g/mol. The highest BCUT2D eigenvalue weighted by molar-refractivity contribution is 5.83. The predicted octanol–water partition coefficient (Wildman–Crippen LogP) is 2.78. The van der Waals surface area contributed by atoms with Gasteiger partial charge in [0.15, 0.2) is 5.60 Å². The lowest BCUT2D eigenvalue weighted by Gasteiger charge is -2.25. The van der Waals surface area contributed by atoms with Gasteiger partial charge in [-0.2, -0.15) is 0 Å². The van der Waals surface area contributed by atoms with Gasteiger partial charge in [0, 0.05) is 20.3 Å². The van der Waals surface area contributed by atoms with E-state index in [1.165, 1.54) is 0 Å². The summed E-state index contributed by atoms with van der Waals surface area (Å²) in [6.07, 6.45) is 2.02. The highest BCUT2D eigenvalue weighted by Crippen LogP contribution is 2.42. The zero-order valence-electron chi connectivity index (χ0n) is 11.4. The molecule has 4 nitrogen and oxygen atoms in total. The molecule has 1 aromatic carbocycles. The van der Waals surface area contributed by atoms with Gasteiger partial charge in [0.05, 0.1) is 7.11 Å². The van der Waals surface area contributed by atoms with Gasteiger partial charge in [-0.1, -0.05) is 18.2 Å². The van der Waals surface area contributed by atoms with Crippen LogP contribution in [0.4, 0.5) is 0 Å². The third kappa shape index (κ3) is 2.36. The molecule has 1 saturated heterocycles. The number of hydrogen-bond donors (Lipinski definition) is 0. The Morgan fingerprint density at radius 3 is 2.37 bits per heavy atom. The molecule has 0 aliphatic carbocycles. The maximum absolute atomic E-state index is 12.2. The highest BCUT2D eigenvalue weighted by Gasteiger charge is 2.54. The van der Waals surface area contributed by atoms with Gasteiger partial charge in [-0.3, -0.25) is 0 Å². The largest absolute Gasteiger partial charge is 0.497 e. The summed E-state index contributed by atoms with van der Waals surface area (Å²) in [5.74, 6) is -0.592. The number of carbonyl (C=O) groups excluding carboxylic acids is 1. The van der Waals surface area contributed by atoms with Crippen molar-refractivity contribution in [3.05, 3.63) is 42.5 Å². The van der Waals surface area contributed by atoms with Gasteiger partial charge in [-0.25, -0.2) is 4.79 Å². The van der Waals surface area contributed by atoms with Crippen molar-refractivity contribution in [3.8, 4) is 5.75 Å². The van der Waals surface area contributed by atoms with E-state index in [9.17, 15) is 4.79 Å². The average Bonchev–Trinajstić information content (AvgIpc) is 2.60. The van der Waals surface area contributed by atoms with Crippen LogP contribution in [0.5, 0.6) is 5.75 Å². The number of cyclic esters (lactones) is 1. The molecule has 0 saturated carbocycles. The minimum atomic E-state index is -1.11. The average molecular weight is 262 g/mol. The highest BCUT2D eigenvalue weighted by atomic mass is 16.8. The number of benzene rings is 1. The van der Waals surface area contributed by atoms with Crippen LogP contribution in [0.2, 0.25) is 0 Å². The van der Waals surface area contributed by atoms with E-state index in [1.54, 1.807) is 39.2 Å². The first-order chi connectivity index (χ1) is 8.93. The number of carbonyl (C=O) groups is 1. The molecule has 0 N–H and O–H groups in total. The van der Waals surface area contributed by atoms with Crippen molar-refractivity contribution in [3.63, 3.8) is 0 Å². The molecule has 1 aliphatic rings. The fourth-order valence-electron chi connectivity index (χ4n) is 2.27. The van der Waals surface area contributed by atoms with Gasteiger partial charge < -0.3 is 14.2 Å². The van der Waals surface area contributed by atoms with Crippen LogP contribution in [-0.4, -0.2) is 18.9 Å². The van der Waals surface area contributed by atoms with Gasteiger partial charge in [0.2, 0.25) is 5.79 Å². The van der Waals surface area contributed by atoms with E-state index in [1.807, 2.05) is 12.1 Å². The molecule has 1 unspecified atom stereocenters. The number of esters is 1. The van der Waals surface area contributed by atoms with Crippen LogP contribution in [0.25, 0.3) is 0 Å². The molecule has 0 bridgehead atoms. The van der Waals surface area contributed by atoms with Crippen molar-refractivity contribution in [1.82, 2.24) is 0 Å². The van der Waals surface area contributed by atoms with Crippen LogP contribution >= 0.6 is 0 Å². The van der Waals surface area contributed by atoms with Crippen LogP contribution < -0.4 is 4.74 Å². The zero-order valence-corrected chi connectivity index (χ0v) is 11.4. The Bertz CT molecular complexity index is 489. The second-order valence-electron chi connectivity index (χ2n) is 4.94. The topological polar surface area (TPSA) is 44.8 Å². The Morgan fingerprint density at radius 2 is 1.95 bits per heavy atom. The van der Waals surface area contributed by atoms with Gasteiger partial charge in [0.1, 0.15) is 5.75 Å². The minimum Gasteiger partial charge on any atom is -0.497 e. The fourth-order valence-corrected chi connectivity index (χ4v) is 2.27. The Balaban J connectivity index is 2.44. The summed E-state index contributed by atoms with van der Waals surface area (Å²) in [4.78, 5) is 12.2. The Morgan fingerprint density at radius 1 is 1.32 bits per heavy atom. The second-order valence-corrected chi connectivity index (χ2v) is 4.94. The van der Waals surface area contributed by atoms with Crippen LogP contribution in [-0.2, 0) is 19.9 Å². The molecule has 102 valence electrons. The molecule has 1 atom stereocenters. The molecule has 2 rings (SSSR count). The van der Waals surface area contributed by atoms with Gasteiger partial charge in [-0.15, -0.1) is 6.58 Å².